The fraction of sp³-hybridized carbons (Fsp3) is 0.0714. The van der Waals surface area contributed by atoms with E-state index in [0.29, 0.717) is 5.02 Å². The standard InChI is InChI=1S/C14H10BrClFNO/c1-8-2-5-13(12(17)6-8)18-14(19)10-7-9(15)3-4-11(10)16/h2-7H,1H3,(H,18,19). The summed E-state index contributed by atoms with van der Waals surface area (Å²) in [5.41, 5.74) is 1.21. The van der Waals surface area contributed by atoms with Gasteiger partial charge in [-0.3, -0.25) is 4.79 Å². The zero-order valence-corrected chi connectivity index (χ0v) is 12.3. The molecule has 0 atom stereocenters. The van der Waals surface area contributed by atoms with E-state index in [1.54, 1.807) is 31.2 Å². The van der Waals surface area contributed by atoms with E-state index in [0.717, 1.165) is 10.0 Å². The van der Waals surface area contributed by atoms with Gasteiger partial charge in [0.1, 0.15) is 5.82 Å². The molecule has 2 rings (SSSR count). The average molecular weight is 343 g/mol. The number of amides is 1. The van der Waals surface area contributed by atoms with Crippen molar-refractivity contribution in [1.82, 2.24) is 0 Å². The molecule has 0 aliphatic carbocycles. The first-order valence-corrected chi connectivity index (χ1v) is 6.67. The van der Waals surface area contributed by atoms with Gasteiger partial charge >= 0.3 is 0 Å². The molecule has 1 amide bonds. The van der Waals surface area contributed by atoms with Gasteiger partial charge in [-0.05, 0) is 42.8 Å². The van der Waals surface area contributed by atoms with Gasteiger partial charge in [0.15, 0.2) is 0 Å². The summed E-state index contributed by atoms with van der Waals surface area (Å²) in [5, 5.41) is 2.82. The Labute approximate surface area is 123 Å². The smallest absolute Gasteiger partial charge is 0.257 e. The van der Waals surface area contributed by atoms with Crippen LogP contribution in [0.2, 0.25) is 5.02 Å². The highest BCUT2D eigenvalue weighted by Crippen LogP contribution is 2.23. The summed E-state index contributed by atoms with van der Waals surface area (Å²) in [6.45, 7) is 1.78. The van der Waals surface area contributed by atoms with Gasteiger partial charge in [-0.25, -0.2) is 4.39 Å². The fourth-order valence-electron chi connectivity index (χ4n) is 1.58. The van der Waals surface area contributed by atoms with Crippen molar-refractivity contribution >= 4 is 39.1 Å². The predicted octanol–water partition coefficient (Wildman–Crippen LogP) is 4.80. The van der Waals surface area contributed by atoms with Gasteiger partial charge in [0.05, 0.1) is 16.3 Å². The van der Waals surface area contributed by atoms with Gasteiger partial charge in [-0.2, -0.15) is 0 Å². The molecule has 0 unspecified atom stereocenters. The summed E-state index contributed by atoms with van der Waals surface area (Å²) in [5.74, 6) is -0.923. The lowest BCUT2D eigenvalue weighted by molar-refractivity contribution is 0.102. The molecule has 0 bridgehead atoms. The van der Waals surface area contributed by atoms with Crippen LogP contribution >= 0.6 is 27.5 Å². The molecule has 5 heteroatoms. The first-order chi connectivity index (χ1) is 8.97. The summed E-state index contributed by atoms with van der Waals surface area (Å²) in [6, 6.07) is 9.52. The van der Waals surface area contributed by atoms with Crippen molar-refractivity contribution in [3.05, 3.63) is 62.8 Å². The molecule has 0 saturated heterocycles. The van der Waals surface area contributed by atoms with E-state index in [4.69, 9.17) is 11.6 Å². The Kier molecular flexibility index (Phi) is 4.22. The number of carbonyl (C=O) groups excluding carboxylic acids is 1. The molecule has 0 aliphatic heterocycles. The van der Waals surface area contributed by atoms with E-state index in [1.807, 2.05) is 0 Å². The van der Waals surface area contributed by atoms with Gasteiger partial charge in [-0.1, -0.05) is 33.6 Å². The van der Waals surface area contributed by atoms with Crippen molar-refractivity contribution < 1.29 is 9.18 Å². The molecular formula is C14H10BrClFNO. The van der Waals surface area contributed by atoms with E-state index >= 15 is 0 Å². The molecule has 2 aromatic carbocycles. The van der Waals surface area contributed by atoms with Gasteiger partial charge in [0, 0.05) is 4.47 Å². The van der Waals surface area contributed by atoms with Crippen LogP contribution in [0.4, 0.5) is 10.1 Å². The number of nitrogens with one attached hydrogen (secondary N) is 1. The van der Waals surface area contributed by atoms with Crippen LogP contribution in [-0.4, -0.2) is 5.91 Å². The third-order valence-electron chi connectivity index (χ3n) is 2.55. The van der Waals surface area contributed by atoms with E-state index in [2.05, 4.69) is 21.2 Å². The number of benzene rings is 2. The maximum atomic E-state index is 13.6. The Morgan fingerprint density at radius 2 is 2.00 bits per heavy atom. The minimum Gasteiger partial charge on any atom is -0.319 e. The molecule has 0 saturated carbocycles. The van der Waals surface area contributed by atoms with Crippen LogP contribution < -0.4 is 5.32 Å². The highest BCUT2D eigenvalue weighted by molar-refractivity contribution is 9.10. The first-order valence-electron chi connectivity index (χ1n) is 5.50. The number of halogens is 3. The highest BCUT2D eigenvalue weighted by atomic mass is 79.9. The Bertz CT molecular complexity index is 645. The molecular weight excluding hydrogens is 333 g/mol. The lowest BCUT2D eigenvalue weighted by Crippen LogP contribution is -2.13. The molecule has 2 nitrogen and oxygen atoms in total. The Morgan fingerprint density at radius 3 is 2.68 bits per heavy atom. The molecule has 19 heavy (non-hydrogen) atoms. The van der Waals surface area contributed by atoms with Crippen molar-refractivity contribution in [3.63, 3.8) is 0 Å². The van der Waals surface area contributed by atoms with Crippen LogP contribution in [0.15, 0.2) is 40.9 Å². The minimum atomic E-state index is -0.473. The summed E-state index contributed by atoms with van der Waals surface area (Å²) >= 11 is 9.21. The molecule has 0 spiro atoms. The molecule has 0 fully saturated rings. The van der Waals surface area contributed by atoms with Gasteiger partial charge < -0.3 is 5.32 Å². The Morgan fingerprint density at radius 1 is 1.26 bits per heavy atom. The summed E-state index contributed by atoms with van der Waals surface area (Å²) in [6.07, 6.45) is 0. The van der Waals surface area contributed by atoms with Crippen LogP contribution in [0, 0.1) is 12.7 Å². The number of aryl methyl sites for hydroxylation is 1. The van der Waals surface area contributed by atoms with Crippen LogP contribution in [-0.2, 0) is 0 Å². The summed E-state index contributed by atoms with van der Waals surface area (Å²) in [4.78, 5) is 12.0. The maximum Gasteiger partial charge on any atom is 0.257 e. The normalized spacial score (nSPS) is 10.3. The van der Waals surface area contributed by atoms with E-state index in [1.165, 1.54) is 12.1 Å². The molecule has 0 heterocycles. The number of hydrogen-bond acceptors (Lipinski definition) is 1. The third-order valence-corrected chi connectivity index (χ3v) is 3.37. The van der Waals surface area contributed by atoms with E-state index in [9.17, 15) is 9.18 Å². The van der Waals surface area contributed by atoms with Crippen LogP contribution in [0.3, 0.4) is 0 Å². The van der Waals surface area contributed by atoms with Crippen LogP contribution in [0.5, 0.6) is 0 Å². The Balaban J connectivity index is 2.28. The zero-order chi connectivity index (χ0) is 14.0. The van der Waals surface area contributed by atoms with Gasteiger partial charge in [0.2, 0.25) is 0 Å². The number of anilines is 1. The SMILES string of the molecule is Cc1ccc(NC(=O)c2cc(Br)ccc2Cl)c(F)c1. The maximum absolute atomic E-state index is 13.6. The molecule has 0 radical (unpaired) electrons. The second kappa shape index (κ2) is 5.72. The highest BCUT2D eigenvalue weighted by Gasteiger charge is 2.13. The van der Waals surface area contributed by atoms with Crippen molar-refractivity contribution in [2.45, 2.75) is 6.92 Å². The topological polar surface area (TPSA) is 29.1 Å². The molecule has 2 aromatic rings. The van der Waals surface area contributed by atoms with E-state index in [-0.39, 0.29) is 11.3 Å². The van der Waals surface area contributed by atoms with Gasteiger partial charge in [0.25, 0.3) is 5.91 Å². The van der Waals surface area contributed by atoms with Crippen LogP contribution in [0.25, 0.3) is 0 Å². The van der Waals surface area contributed by atoms with Crippen molar-refractivity contribution in [3.8, 4) is 0 Å². The summed E-state index contributed by atoms with van der Waals surface area (Å²) in [7, 11) is 0. The predicted molar refractivity (Wildman–Crippen MR) is 78.2 cm³/mol. The van der Waals surface area contributed by atoms with Gasteiger partial charge in [-0.15, -0.1) is 0 Å². The third kappa shape index (κ3) is 3.33. The second-order valence-electron chi connectivity index (χ2n) is 4.06. The lowest BCUT2D eigenvalue weighted by atomic mass is 10.2. The molecule has 0 aromatic heterocycles. The average Bonchev–Trinajstić information content (AvgIpc) is 2.35. The fourth-order valence-corrected chi connectivity index (χ4v) is 2.15. The zero-order valence-electron chi connectivity index (χ0n) is 10.0. The quantitative estimate of drug-likeness (QED) is 0.834. The van der Waals surface area contributed by atoms with Crippen molar-refractivity contribution in [1.29, 1.82) is 0 Å². The lowest BCUT2D eigenvalue weighted by Gasteiger charge is -2.08. The first kappa shape index (κ1) is 14.0. The van der Waals surface area contributed by atoms with Crippen molar-refractivity contribution in [2.24, 2.45) is 0 Å². The second-order valence-corrected chi connectivity index (χ2v) is 5.38. The summed E-state index contributed by atoms with van der Waals surface area (Å²) < 4.78 is 14.4. The van der Waals surface area contributed by atoms with Crippen molar-refractivity contribution in [2.75, 3.05) is 5.32 Å². The monoisotopic (exact) mass is 341 g/mol. The van der Waals surface area contributed by atoms with Crippen LogP contribution in [0.1, 0.15) is 15.9 Å². The minimum absolute atomic E-state index is 0.131. The van der Waals surface area contributed by atoms with E-state index < -0.39 is 11.7 Å². The largest absolute Gasteiger partial charge is 0.319 e. The molecule has 1 N–H and O–H groups in total. The number of carbonyl (C=O) groups is 1. The molecule has 0 aliphatic rings. The number of rotatable bonds is 2. The molecule has 98 valence electrons. The number of hydrogen-bond donors (Lipinski definition) is 1. The Hall–Kier alpha value is -1.39.